The number of nitrogens with zero attached hydrogens (tertiary/aromatic N) is 2. The molecule has 1 heterocycles. The summed E-state index contributed by atoms with van der Waals surface area (Å²) in [5, 5.41) is 3.77. The van der Waals surface area contributed by atoms with Gasteiger partial charge < -0.3 is 10.1 Å². The van der Waals surface area contributed by atoms with Crippen LogP contribution in [0.5, 0.6) is 5.75 Å². The average Bonchev–Trinajstić information content (AvgIpc) is 3.22. The van der Waals surface area contributed by atoms with Crippen LogP contribution in [0.1, 0.15) is 64.1 Å². The molecule has 0 unspecified atom stereocenters. The first kappa shape index (κ1) is 26.1. The molecule has 3 aromatic rings. The van der Waals surface area contributed by atoms with Crippen molar-refractivity contribution in [3.63, 3.8) is 0 Å². The lowest BCUT2D eigenvalue weighted by Crippen LogP contribution is -2.47. The summed E-state index contributed by atoms with van der Waals surface area (Å²) in [6.07, 6.45) is 5.04. The standard InChI is InChI=1S/C27H29ClFN3O3S/c1-16-25(36-17(2)30-16)27(34)32(20-11-14-23(29)22(28)15-20)24(18-9-12-21(35-3)13-10-18)26(33)31-19-7-5-4-6-8-19/h9-15,19,24H,4-8H2,1-3H3,(H,31,33)/t24-/m1/s1. The fourth-order valence-corrected chi connectivity index (χ4v) is 5.62. The Morgan fingerprint density at radius 2 is 1.83 bits per heavy atom. The number of thiazole rings is 1. The Morgan fingerprint density at radius 3 is 2.42 bits per heavy atom. The molecule has 0 spiro atoms. The smallest absolute Gasteiger partial charge is 0.271 e. The molecule has 1 N–H and O–H groups in total. The fraction of sp³-hybridized carbons (Fsp3) is 0.370. The van der Waals surface area contributed by atoms with Gasteiger partial charge >= 0.3 is 0 Å². The number of halogens is 2. The SMILES string of the molecule is COc1ccc([C@H](C(=O)NC2CCCCC2)N(C(=O)c2sc(C)nc2C)c2ccc(F)c(Cl)c2)cc1. The van der Waals surface area contributed by atoms with Gasteiger partial charge in [-0.2, -0.15) is 0 Å². The van der Waals surface area contributed by atoms with Crippen LogP contribution in [0.2, 0.25) is 5.02 Å². The van der Waals surface area contributed by atoms with Crippen LogP contribution in [0.4, 0.5) is 10.1 Å². The number of hydrogen-bond donors (Lipinski definition) is 1. The third kappa shape index (κ3) is 5.71. The molecule has 1 aromatic heterocycles. The Morgan fingerprint density at radius 1 is 1.14 bits per heavy atom. The quantitative estimate of drug-likeness (QED) is 0.384. The van der Waals surface area contributed by atoms with Gasteiger partial charge in [0.1, 0.15) is 22.5 Å². The summed E-state index contributed by atoms with van der Waals surface area (Å²) in [6.45, 7) is 3.58. The number of benzene rings is 2. The van der Waals surface area contributed by atoms with Crippen molar-refractivity contribution in [2.75, 3.05) is 12.0 Å². The zero-order chi connectivity index (χ0) is 25.8. The van der Waals surface area contributed by atoms with E-state index in [4.69, 9.17) is 16.3 Å². The minimum absolute atomic E-state index is 0.0353. The highest BCUT2D eigenvalue weighted by Crippen LogP contribution is 2.35. The van der Waals surface area contributed by atoms with Crippen LogP contribution in [0.15, 0.2) is 42.5 Å². The van der Waals surface area contributed by atoms with E-state index in [0.29, 0.717) is 27.6 Å². The number of nitrogens with one attached hydrogen (secondary N) is 1. The van der Waals surface area contributed by atoms with Crippen molar-refractivity contribution in [1.82, 2.24) is 10.3 Å². The number of anilines is 1. The van der Waals surface area contributed by atoms with Crippen LogP contribution in [-0.4, -0.2) is 29.9 Å². The molecule has 4 rings (SSSR count). The van der Waals surface area contributed by atoms with Crippen LogP contribution >= 0.6 is 22.9 Å². The predicted molar refractivity (Wildman–Crippen MR) is 141 cm³/mol. The van der Waals surface area contributed by atoms with E-state index >= 15 is 0 Å². The highest BCUT2D eigenvalue weighted by molar-refractivity contribution is 7.13. The maximum atomic E-state index is 14.1. The number of hydrogen-bond acceptors (Lipinski definition) is 5. The summed E-state index contributed by atoms with van der Waals surface area (Å²) in [4.78, 5) is 34.2. The summed E-state index contributed by atoms with van der Waals surface area (Å²) < 4.78 is 19.4. The highest BCUT2D eigenvalue weighted by Gasteiger charge is 2.36. The summed E-state index contributed by atoms with van der Waals surface area (Å²) in [5.74, 6) is -0.688. The first-order valence-electron chi connectivity index (χ1n) is 12.0. The van der Waals surface area contributed by atoms with Gasteiger partial charge in [-0.25, -0.2) is 9.37 Å². The van der Waals surface area contributed by atoms with Crippen LogP contribution in [-0.2, 0) is 4.79 Å². The Labute approximate surface area is 219 Å². The van der Waals surface area contributed by atoms with E-state index in [1.165, 1.54) is 34.4 Å². The molecular weight excluding hydrogens is 501 g/mol. The van der Waals surface area contributed by atoms with Crippen molar-refractivity contribution in [1.29, 1.82) is 0 Å². The number of aryl methyl sites for hydroxylation is 2. The molecule has 1 fully saturated rings. The minimum atomic E-state index is -1.02. The number of ether oxygens (including phenoxy) is 1. The summed E-state index contributed by atoms with van der Waals surface area (Å²) >= 11 is 7.39. The number of carbonyl (C=O) groups excluding carboxylic acids is 2. The van der Waals surface area contributed by atoms with E-state index in [0.717, 1.165) is 37.1 Å². The Hall–Kier alpha value is -2.97. The predicted octanol–water partition coefficient (Wildman–Crippen LogP) is 6.40. The van der Waals surface area contributed by atoms with E-state index < -0.39 is 17.8 Å². The molecule has 9 heteroatoms. The highest BCUT2D eigenvalue weighted by atomic mass is 35.5. The van der Waals surface area contributed by atoms with Crippen molar-refractivity contribution in [2.24, 2.45) is 0 Å². The van der Waals surface area contributed by atoms with E-state index in [9.17, 15) is 14.0 Å². The summed E-state index contributed by atoms with van der Waals surface area (Å²) in [7, 11) is 1.56. The summed E-state index contributed by atoms with van der Waals surface area (Å²) in [6, 6.07) is 10.1. The molecule has 0 saturated heterocycles. The van der Waals surface area contributed by atoms with E-state index in [2.05, 4.69) is 10.3 Å². The Balaban J connectivity index is 1.84. The Bertz CT molecular complexity index is 1240. The number of amides is 2. The molecule has 2 amide bonds. The molecule has 1 aliphatic rings. The third-order valence-electron chi connectivity index (χ3n) is 6.39. The van der Waals surface area contributed by atoms with E-state index in [1.54, 1.807) is 38.3 Å². The second kappa shape index (κ2) is 11.4. The van der Waals surface area contributed by atoms with Crippen LogP contribution in [0, 0.1) is 19.7 Å². The van der Waals surface area contributed by atoms with Crippen molar-refractivity contribution >= 4 is 40.4 Å². The van der Waals surface area contributed by atoms with Gasteiger partial charge in [0.2, 0.25) is 5.91 Å². The fourth-order valence-electron chi connectivity index (χ4n) is 4.59. The van der Waals surface area contributed by atoms with Crippen molar-refractivity contribution in [2.45, 2.75) is 58.0 Å². The lowest BCUT2D eigenvalue weighted by atomic mass is 9.94. The monoisotopic (exact) mass is 529 g/mol. The average molecular weight is 530 g/mol. The van der Waals surface area contributed by atoms with Crippen molar-refractivity contribution in [3.8, 4) is 5.75 Å². The molecule has 1 aliphatic carbocycles. The van der Waals surface area contributed by atoms with Gasteiger partial charge in [0.15, 0.2) is 0 Å². The normalized spacial score (nSPS) is 14.8. The van der Waals surface area contributed by atoms with E-state index in [-0.39, 0.29) is 17.0 Å². The van der Waals surface area contributed by atoms with Gasteiger partial charge in [-0.15, -0.1) is 11.3 Å². The molecule has 2 aromatic carbocycles. The first-order valence-corrected chi connectivity index (χ1v) is 13.1. The lowest BCUT2D eigenvalue weighted by molar-refractivity contribution is -0.123. The van der Waals surface area contributed by atoms with Gasteiger partial charge in [0, 0.05) is 11.7 Å². The molecule has 0 radical (unpaired) electrons. The molecule has 6 nitrogen and oxygen atoms in total. The maximum absolute atomic E-state index is 14.1. The molecule has 1 saturated carbocycles. The molecular formula is C27H29ClFN3O3S. The molecule has 190 valence electrons. The number of carbonyl (C=O) groups is 2. The maximum Gasteiger partial charge on any atom is 0.271 e. The Kier molecular flexibility index (Phi) is 8.26. The van der Waals surface area contributed by atoms with Crippen LogP contribution in [0.25, 0.3) is 0 Å². The molecule has 36 heavy (non-hydrogen) atoms. The largest absolute Gasteiger partial charge is 0.497 e. The van der Waals surface area contributed by atoms with Gasteiger partial charge in [-0.3, -0.25) is 14.5 Å². The van der Waals surface area contributed by atoms with Crippen LogP contribution in [0.3, 0.4) is 0 Å². The van der Waals surface area contributed by atoms with Gasteiger partial charge in [0.25, 0.3) is 5.91 Å². The molecule has 0 bridgehead atoms. The topological polar surface area (TPSA) is 71.5 Å². The van der Waals surface area contributed by atoms with Crippen molar-refractivity contribution < 1.29 is 18.7 Å². The molecule has 1 atom stereocenters. The van der Waals surface area contributed by atoms with Gasteiger partial charge in [0.05, 0.1) is 22.8 Å². The van der Waals surface area contributed by atoms with Crippen LogP contribution < -0.4 is 15.0 Å². The van der Waals surface area contributed by atoms with E-state index in [1.807, 2.05) is 6.92 Å². The molecule has 0 aliphatic heterocycles. The third-order valence-corrected chi connectivity index (χ3v) is 7.74. The van der Waals surface area contributed by atoms with Gasteiger partial charge in [-0.05, 0) is 62.6 Å². The zero-order valence-electron chi connectivity index (χ0n) is 20.5. The van der Waals surface area contributed by atoms with Gasteiger partial charge in [-0.1, -0.05) is 43.0 Å². The number of rotatable bonds is 7. The first-order chi connectivity index (χ1) is 17.3. The zero-order valence-corrected chi connectivity index (χ0v) is 22.1. The number of aromatic nitrogens is 1. The summed E-state index contributed by atoms with van der Waals surface area (Å²) in [5.41, 5.74) is 1.48. The second-order valence-electron chi connectivity index (χ2n) is 8.94. The number of methoxy groups -OCH3 is 1. The van der Waals surface area contributed by atoms with Crippen molar-refractivity contribution in [3.05, 3.63) is 74.4 Å². The second-order valence-corrected chi connectivity index (χ2v) is 10.6. The lowest BCUT2D eigenvalue weighted by Gasteiger charge is -2.33. The minimum Gasteiger partial charge on any atom is -0.497 e.